The lowest BCUT2D eigenvalue weighted by Crippen LogP contribution is -2.39. The maximum atomic E-state index is 10.2. The number of hydrogen-bond acceptors (Lipinski definition) is 4. The molecular weight excluding hydrogens is 314 g/mol. The molecule has 4 heteroatoms. The topological polar surface area (TPSA) is 50.7 Å². The van der Waals surface area contributed by atoms with E-state index >= 15 is 0 Å². The first kappa shape index (κ1) is 17.8. The van der Waals surface area contributed by atoms with E-state index in [4.69, 9.17) is 9.47 Å². The zero-order valence-corrected chi connectivity index (χ0v) is 14.8. The maximum absolute atomic E-state index is 10.2. The number of hydrogen-bond donors (Lipinski definition) is 2. The van der Waals surface area contributed by atoms with Gasteiger partial charge >= 0.3 is 0 Å². The fourth-order valence-electron chi connectivity index (χ4n) is 3.31. The van der Waals surface area contributed by atoms with Crippen LogP contribution in [0.2, 0.25) is 0 Å². The van der Waals surface area contributed by atoms with Crippen molar-refractivity contribution in [1.82, 2.24) is 5.32 Å². The molecule has 0 fully saturated rings. The van der Waals surface area contributed by atoms with E-state index in [1.165, 1.54) is 11.1 Å². The average molecular weight is 341 g/mol. The van der Waals surface area contributed by atoms with Crippen LogP contribution in [0.4, 0.5) is 0 Å². The van der Waals surface area contributed by atoms with E-state index in [1.54, 1.807) is 7.11 Å². The van der Waals surface area contributed by atoms with Gasteiger partial charge in [0, 0.05) is 12.6 Å². The predicted octanol–water partition coefficient (Wildman–Crippen LogP) is 2.97. The molecule has 0 bridgehead atoms. The Morgan fingerprint density at radius 2 is 1.96 bits per heavy atom. The van der Waals surface area contributed by atoms with Gasteiger partial charge in [0.25, 0.3) is 0 Å². The van der Waals surface area contributed by atoms with Crippen molar-refractivity contribution in [3.05, 3.63) is 59.7 Å². The largest absolute Gasteiger partial charge is 0.497 e. The molecule has 0 saturated carbocycles. The fraction of sp³-hybridized carbons (Fsp3) is 0.429. The van der Waals surface area contributed by atoms with Gasteiger partial charge in [-0.2, -0.15) is 0 Å². The number of rotatable bonds is 7. The fourth-order valence-corrected chi connectivity index (χ4v) is 3.31. The number of aliphatic hydroxyl groups is 1. The van der Waals surface area contributed by atoms with Gasteiger partial charge in [0.15, 0.2) is 0 Å². The summed E-state index contributed by atoms with van der Waals surface area (Å²) in [6.45, 7) is 0.848. The summed E-state index contributed by atoms with van der Waals surface area (Å²) in [6.07, 6.45) is 3.83. The number of aryl methyl sites for hydroxylation is 1. The lowest BCUT2D eigenvalue weighted by atomic mass is 10.0. The number of para-hydroxylation sites is 1. The van der Waals surface area contributed by atoms with Gasteiger partial charge in [0.05, 0.1) is 7.11 Å². The van der Waals surface area contributed by atoms with Gasteiger partial charge in [-0.25, -0.2) is 0 Å². The lowest BCUT2D eigenvalue weighted by molar-refractivity contribution is 0.103. The second kappa shape index (κ2) is 8.88. The third-order valence-electron chi connectivity index (χ3n) is 4.71. The van der Waals surface area contributed by atoms with Gasteiger partial charge < -0.3 is 19.9 Å². The summed E-state index contributed by atoms with van der Waals surface area (Å²) in [5, 5.41) is 13.7. The summed E-state index contributed by atoms with van der Waals surface area (Å²) >= 11 is 0. The standard InChI is InChI=1S/C21H27NO3/c1-24-21-11-10-17-12-18(7-5-6-16(17)13-21)22-14-19(23)15-25-20-8-3-2-4-9-20/h2-4,8-11,13,18-19,22-23H,5-7,12,14-15H2,1H3. The second-order valence-electron chi connectivity index (χ2n) is 6.61. The molecule has 0 heterocycles. The smallest absolute Gasteiger partial charge is 0.119 e. The van der Waals surface area contributed by atoms with E-state index in [2.05, 4.69) is 17.4 Å². The molecule has 0 amide bonds. The zero-order valence-electron chi connectivity index (χ0n) is 14.8. The first-order valence-corrected chi connectivity index (χ1v) is 8.99. The Hall–Kier alpha value is -2.04. The molecule has 134 valence electrons. The average Bonchev–Trinajstić information content (AvgIpc) is 2.86. The Morgan fingerprint density at radius 3 is 2.76 bits per heavy atom. The normalized spacial score (nSPS) is 18.1. The van der Waals surface area contributed by atoms with Gasteiger partial charge in [-0.15, -0.1) is 0 Å². The van der Waals surface area contributed by atoms with Crippen molar-refractivity contribution >= 4 is 0 Å². The highest BCUT2D eigenvalue weighted by Gasteiger charge is 2.18. The van der Waals surface area contributed by atoms with E-state index in [1.807, 2.05) is 36.4 Å². The van der Waals surface area contributed by atoms with Gasteiger partial charge in [-0.05, 0) is 61.1 Å². The van der Waals surface area contributed by atoms with E-state index in [0.29, 0.717) is 19.2 Å². The zero-order chi connectivity index (χ0) is 17.5. The molecule has 4 nitrogen and oxygen atoms in total. The number of aliphatic hydroxyl groups excluding tert-OH is 1. The van der Waals surface area contributed by atoms with Crippen molar-refractivity contribution in [2.45, 2.75) is 37.8 Å². The molecule has 0 spiro atoms. The molecule has 0 radical (unpaired) electrons. The van der Waals surface area contributed by atoms with Crippen LogP contribution >= 0.6 is 0 Å². The van der Waals surface area contributed by atoms with Crippen LogP contribution in [0.1, 0.15) is 24.0 Å². The molecule has 25 heavy (non-hydrogen) atoms. The number of methoxy groups -OCH3 is 1. The van der Waals surface area contributed by atoms with Crippen molar-refractivity contribution in [2.24, 2.45) is 0 Å². The Labute approximate surface area is 149 Å². The van der Waals surface area contributed by atoms with E-state index in [0.717, 1.165) is 37.2 Å². The molecule has 2 aromatic rings. The lowest BCUT2D eigenvalue weighted by Gasteiger charge is -2.20. The van der Waals surface area contributed by atoms with Crippen LogP contribution in [-0.4, -0.2) is 37.5 Å². The minimum Gasteiger partial charge on any atom is -0.497 e. The molecule has 1 aliphatic rings. The van der Waals surface area contributed by atoms with Gasteiger partial charge in [-0.1, -0.05) is 24.3 Å². The van der Waals surface area contributed by atoms with Crippen LogP contribution in [0.15, 0.2) is 48.5 Å². The third-order valence-corrected chi connectivity index (χ3v) is 4.71. The molecule has 2 unspecified atom stereocenters. The molecule has 0 aromatic heterocycles. The van der Waals surface area contributed by atoms with Crippen LogP contribution in [-0.2, 0) is 12.8 Å². The SMILES string of the molecule is COc1ccc2c(c1)CCCC(NCC(O)COc1ccccc1)C2. The summed E-state index contributed by atoms with van der Waals surface area (Å²) in [5.74, 6) is 1.72. The van der Waals surface area contributed by atoms with E-state index in [-0.39, 0.29) is 0 Å². The highest BCUT2D eigenvalue weighted by atomic mass is 16.5. The second-order valence-corrected chi connectivity index (χ2v) is 6.61. The Kier molecular flexibility index (Phi) is 6.31. The summed E-state index contributed by atoms with van der Waals surface area (Å²) in [4.78, 5) is 0. The third kappa shape index (κ3) is 5.21. The summed E-state index contributed by atoms with van der Waals surface area (Å²) in [6, 6.07) is 16.3. The molecular formula is C21H27NO3. The van der Waals surface area contributed by atoms with E-state index in [9.17, 15) is 5.11 Å². The van der Waals surface area contributed by atoms with Crippen LogP contribution in [0.3, 0.4) is 0 Å². The number of fused-ring (bicyclic) bond motifs is 1. The highest BCUT2D eigenvalue weighted by Crippen LogP contribution is 2.25. The van der Waals surface area contributed by atoms with Crippen LogP contribution in [0.25, 0.3) is 0 Å². The van der Waals surface area contributed by atoms with Gasteiger partial charge in [0.1, 0.15) is 24.2 Å². The van der Waals surface area contributed by atoms with Crippen LogP contribution < -0.4 is 14.8 Å². The van der Waals surface area contributed by atoms with E-state index < -0.39 is 6.10 Å². The molecule has 3 rings (SSSR count). The molecule has 0 aliphatic heterocycles. The molecule has 0 saturated heterocycles. The van der Waals surface area contributed by atoms with Crippen LogP contribution in [0, 0.1) is 0 Å². The van der Waals surface area contributed by atoms with Crippen molar-refractivity contribution in [1.29, 1.82) is 0 Å². The molecule has 2 atom stereocenters. The maximum Gasteiger partial charge on any atom is 0.119 e. The number of ether oxygens (including phenoxy) is 2. The highest BCUT2D eigenvalue weighted by molar-refractivity contribution is 5.37. The van der Waals surface area contributed by atoms with Crippen molar-refractivity contribution in [3.63, 3.8) is 0 Å². The molecule has 2 aromatic carbocycles. The minimum absolute atomic E-state index is 0.303. The number of benzene rings is 2. The quantitative estimate of drug-likeness (QED) is 0.760. The predicted molar refractivity (Wildman–Crippen MR) is 99.4 cm³/mol. The van der Waals surface area contributed by atoms with Gasteiger partial charge in [0.2, 0.25) is 0 Å². The van der Waals surface area contributed by atoms with Crippen molar-refractivity contribution in [2.75, 3.05) is 20.3 Å². The van der Waals surface area contributed by atoms with Gasteiger partial charge in [-0.3, -0.25) is 0 Å². The Bertz CT molecular complexity index is 659. The first-order chi connectivity index (χ1) is 12.2. The summed E-state index contributed by atoms with van der Waals surface area (Å²) < 4.78 is 10.9. The first-order valence-electron chi connectivity index (χ1n) is 8.99. The summed E-state index contributed by atoms with van der Waals surface area (Å²) in [5.41, 5.74) is 2.77. The van der Waals surface area contributed by atoms with Crippen molar-refractivity contribution in [3.8, 4) is 11.5 Å². The molecule has 2 N–H and O–H groups in total. The van der Waals surface area contributed by atoms with Crippen molar-refractivity contribution < 1.29 is 14.6 Å². The minimum atomic E-state index is -0.515. The number of nitrogens with one attached hydrogen (secondary N) is 1. The monoisotopic (exact) mass is 341 g/mol. The molecule has 1 aliphatic carbocycles. The summed E-state index contributed by atoms with van der Waals surface area (Å²) in [7, 11) is 1.71. The Balaban J connectivity index is 1.47. The van der Waals surface area contributed by atoms with Crippen LogP contribution in [0.5, 0.6) is 11.5 Å². The Morgan fingerprint density at radius 1 is 1.12 bits per heavy atom.